The zero-order valence-electron chi connectivity index (χ0n) is 26.2. The maximum absolute atomic E-state index is 9.25. The molecular weight excluding hydrogens is 480 g/mol. The maximum Gasteiger partial charge on any atom is 0.194 e. The van der Waals surface area contributed by atoms with Crippen LogP contribution in [0, 0.1) is 39.9 Å². The second-order valence-corrected chi connectivity index (χ2v) is 15.1. The van der Waals surface area contributed by atoms with Crippen molar-refractivity contribution in [3.63, 3.8) is 0 Å². The van der Waals surface area contributed by atoms with Gasteiger partial charge in [-0.05, 0) is 99.7 Å². The Bertz CT molecular complexity index is 774. The molecule has 0 aromatic heterocycles. The van der Waals surface area contributed by atoms with Gasteiger partial charge in [-0.25, -0.2) is 0 Å². The molecule has 4 aliphatic rings. The van der Waals surface area contributed by atoms with Crippen LogP contribution >= 0.6 is 0 Å². The van der Waals surface area contributed by atoms with Crippen LogP contribution in [0.2, 0.25) is 0 Å². The number of guanidine groups is 2. The highest BCUT2D eigenvalue weighted by Gasteiger charge is 2.41. The van der Waals surface area contributed by atoms with E-state index < -0.39 is 0 Å². The van der Waals surface area contributed by atoms with Gasteiger partial charge in [0.05, 0.1) is 6.04 Å². The van der Waals surface area contributed by atoms with Crippen LogP contribution in [0.3, 0.4) is 0 Å². The summed E-state index contributed by atoms with van der Waals surface area (Å²) >= 11 is 0. The first-order valence-electron chi connectivity index (χ1n) is 16.8. The van der Waals surface area contributed by atoms with Crippen molar-refractivity contribution in [3.8, 4) is 0 Å². The second kappa shape index (κ2) is 13.9. The summed E-state index contributed by atoms with van der Waals surface area (Å²) in [7, 11) is 0. The zero-order chi connectivity index (χ0) is 28.0. The second-order valence-electron chi connectivity index (χ2n) is 15.1. The summed E-state index contributed by atoms with van der Waals surface area (Å²) in [5.74, 6) is 4.62. The van der Waals surface area contributed by atoms with Gasteiger partial charge in [0.1, 0.15) is 0 Å². The predicted octanol–water partition coefficient (Wildman–Crippen LogP) is 7.16. The minimum Gasteiger partial charge on any atom is -0.354 e. The monoisotopic (exact) mass is 543 g/mol. The Morgan fingerprint density at radius 3 is 2.26 bits per heavy atom. The van der Waals surface area contributed by atoms with Crippen LogP contribution in [0.15, 0.2) is 0 Å². The molecule has 0 amide bonds. The van der Waals surface area contributed by atoms with E-state index in [0.717, 1.165) is 75.2 Å². The molecule has 224 valence electrons. The molecule has 2 saturated heterocycles. The van der Waals surface area contributed by atoms with E-state index >= 15 is 0 Å². The summed E-state index contributed by atoms with van der Waals surface area (Å²) < 4.78 is 0. The van der Waals surface area contributed by atoms with Crippen LogP contribution in [0.4, 0.5) is 0 Å². The Kier molecular flexibility index (Phi) is 10.9. The van der Waals surface area contributed by atoms with Gasteiger partial charge in [0.25, 0.3) is 0 Å². The summed E-state index contributed by atoms with van der Waals surface area (Å²) in [6.07, 6.45) is 18.3. The first-order valence-corrected chi connectivity index (χ1v) is 16.8. The lowest BCUT2D eigenvalue weighted by atomic mass is 9.69. The van der Waals surface area contributed by atoms with Gasteiger partial charge in [0.15, 0.2) is 11.9 Å². The van der Waals surface area contributed by atoms with Crippen molar-refractivity contribution in [2.24, 2.45) is 29.1 Å². The van der Waals surface area contributed by atoms with Gasteiger partial charge in [-0.1, -0.05) is 53.9 Å². The number of nitrogens with one attached hydrogen (secondary N) is 3. The highest BCUT2D eigenvalue weighted by atomic mass is 15.4. The van der Waals surface area contributed by atoms with Crippen LogP contribution in [0.1, 0.15) is 125 Å². The van der Waals surface area contributed by atoms with Crippen molar-refractivity contribution >= 4 is 11.9 Å². The SMILES string of the molecule is CC(C)CCCN1C(=N)NC[C@@H]1CCCCN1C[C@@H](C2CCCCC2)N(CC2CCC(C(C)(C)C)CC2)C1=N. The minimum atomic E-state index is 0.437. The van der Waals surface area contributed by atoms with E-state index in [2.05, 4.69) is 54.6 Å². The van der Waals surface area contributed by atoms with Crippen molar-refractivity contribution in [1.29, 1.82) is 10.8 Å². The average molecular weight is 543 g/mol. The summed E-state index contributed by atoms with van der Waals surface area (Å²) in [4.78, 5) is 7.33. The largest absolute Gasteiger partial charge is 0.354 e. The summed E-state index contributed by atoms with van der Waals surface area (Å²) in [5.41, 5.74) is 0.437. The Morgan fingerprint density at radius 2 is 1.59 bits per heavy atom. The molecule has 0 unspecified atom stereocenters. The molecule has 6 heteroatoms. The van der Waals surface area contributed by atoms with E-state index in [1.54, 1.807) is 0 Å². The molecule has 2 aliphatic carbocycles. The number of hydrogen-bond acceptors (Lipinski definition) is 2. The van der Waals surface area contributed by atoms with Crippen LogP contribution in [0.5, 0.6) is 0 Å². The van der Waals surface area contributed by atoms with E-state index in [-0.39, 0.29) is 0 Å². The van der Waals surface area contributed by atoms with Gasteiger partial charge < -0.3 is 20.0 Å². The van der Waals surface area contributed by atoms with Crippen molar-refractivity contribution in [2.45, 2.75) is 137 Å². The van der Waals surface area contributed by atoms with E-state index in [1.165, 1.54) is 77.0 Å². The van der Waals surface area contributed by atoms with Crippen molar-refractivity contribution < 1.29 is 0 Å². The first-order chi connectivity index (χ1) is 18.6. The third-order valence-corrected chi connectivity index (χ3v) is 10.7. The number of unbranched alkanes of at least 4 members (excludes halogenated alkanes) is 1. The molecular formula is C33H62N6. The van der Waals surface area contributed by atoms with Crippen molar-refractivity contribution in [2.75, 3.05) is 32.7 Å². The molecule has 4 fully saturated rings. The average Bonchev–Trinajstić information content (AvgIpc) is 3.41. The highest BCUT2D eigenvalue weighted by Crippen LogP contribution is 2.41. The Balaban J connectivity index is 1.27. The molecule has 2 atom stereocenters. The summed E-state index contributed by atoms with van der Waals surface area (Å²) in [6, 6.07) is 1.03. The molecule has 2 aliphatic heterocycles. The van der Waals surface area contributed by atoms with Crippen molar-refractivity contribution in [3.05, 3.63) is 0 Å². The van der Waals surface area contributed by atoms with Gasteiger partial charge in [0, 0.05) is 38.8 Å². The third kappa shape index (κ3) is 8.28. The van der Waals surface area contributed by atoms with Crippen LogP contribution in [-0.2, 0) is 0 Å². The fourth-order valence-electron chi connectivity index (χ4n) is 8.09. The van der Waals surface area contributed by atoms with E-state index in [4.69, 9.17) is 5.41 Å². The van der Waals surface area contributed by atoms with Gasteiger partial charge in [0.2, 0.25) is 0 Å². The van der Waals surface area contributed by atoms with E-state index in [9.17, 15) is 5.41 Å². The van der Waals surface area contributed by atoms with Crippen LogP contribution < -0.4 is 5.32 Å². The van der Waals surface area contributed by atoms with Crippen LogP contribution in [0.25, 0.3) is 0 Å². The topological polar surface area (TPSA) is 69.5 Å². The Labute approximate surface area is 241 Å². The molecule has 0 spiro atoms. The molecule has 0 radical (unpaired) electrons. The fraction of sp³-hybridized carbons (Fsp3) is 0.939. The molecule has 0 aromatic rings. The van der Waals surface area contributed by atoms with Gasteiger partial charge in [-0.3, -0.25) is 10.8 Å². The molecule has 0 aromatic carbocycles. The Hall–Kier alpha value is -1.46. The third-order valence-electron chi connectivity index (χ3n) is 10.7. The quantitative estimate of drug-likeness (QED) is 0.229. The molecule has 0 bridgehead atoms. The smallest absolute Gasteiger partial charge is 0.194 e. The molecule has 2 saturated carbocycles. The molecule has 39 heavy (non-hydrogen) atoms. The van der Waals surface area contributed by atoms with Gasteiger partial charge >= 0.3 is 0 Å². The fourth-order valence-corrected chi connectivity index (χ4v) is 8.09. The first kappa shape index (κ1) is 30.5. The number of nitrogens with zero attached hydrogens (tertiary/aromatic N) is 3. The maximum atomic E-state index is 9.25. The minimum absolute atomic E-state index is 0.437. The zero-order valence-corrected chi connectivity index (χ0v) is 26.2. The molecule has 3 N–H and O–H groups in total. The van der Waals surface area contributed by atoms with E-state index in [1.807, 2.05) is 0 Å². The number of rotatable bonds is 12. The summed E-state index contributed by atoms with van der Waals surface area (Å²) in [5, 5.41) is 20.9. The standard InChI is InChI=1S/C33H62N6/c1-25(2)12-11-21-38-29(22-36-31(38)34)15-9-10-20-37-24-30(27-13-7-6-8-14-27)39(32(37)35)23-26-16-18-28(19-17-26)33(3,4)5/h25-30,35H,6-24H2,1-5H3,(H2,34,36)/t26?,28?,29-,30-/m0/s1. The highest BCUT2D eigenvalue weighted by molar-refractivity contribution is 5.80. The summed E-state index contributed by atoms with van der Waals surface area (Å²) in [6.45, 7) is 17.0. The molecule has 2 heterocycles. The Morgan fingerprint density at radius 1 is 0.872 bits per heavy atom. The lowest BCUT2D eigenvalue weighted by molar-refractivity contribution is 0.122. The van der Waals surface area contributed by atoms with Crippen LogP contribution in [-0.4, -0.2) is 71.4 Å². The molecule has 6 nitrogen and oxygen atoms in total. The lowest BCUT2D eigenvalue weighted by Gasteiger charge is -2.40. The van der Waals surface area contributed by atoms with Crippen molar-refractivity contribution in [1.82, 2.24) is 20.0 Å². The lowest BCUT2D eigenvalue weighted by Crippen LogP contribution is -2.44. The van der Waals surface area contributed by atoms with Gasteiger partial charge in [-0.15, -0.1) is 0 Å². The normalized spacial score (nSPS) is 29.1. The predicted molar refractivity (Wildman–Crippen MR) is 165 cm³/mol. The molecule has 4 rings (SSSR count). The van der Waals surface area contributed by atoms with Gasteiger partial charge in [-0.2, -0.15) is 0 Å². The van der Waals surface area contributed by atoms with E-state index in [0.29, 0.717) is 23.5 Å². The number of hydrogen-bond donors (Lipinski definition) is 3.